The topological polar surface area (TPSA) is 52.9 Å². The number of hydrogen-bond donors (Lipinski definition) is 1. The molecule has 0 saturated heterocycles. The highest BCUT2D eigenvalue weighted by Crippen LogP contribution is 2.20. The van der Waals surface area contributed by atoms with Gasteiger partial charge in [-0.15, -0.1) is 0 Å². The van der Waals surface area contributed by atoms with Gasteiger partial charge >= 0.3 is 0 Å². The monoisotopic (exact) mass is 264 g/mol. The third-order valence-electron chi connectivity index (χ3n) is 2.35. The molecule has 1 N–H and O–H groups in total. The fourth-order valence-electron chi connectivity index (χ4n) is 1.31. The van der Waals surface area contributed by atoms with Crippen molar-refractivity contribution < 1.29 is 13.6 Å². The van der Waals surface area contributed by atoms with Crippen LogP contribution in [-0.4, -0.2) is 5.78 Å². The Morgan fingerprint density at radius 1 is 1.37 bits per heavy atom. The average molecular weight is 264 g/mol. The van der Waals surface area contributed by atoms with E-state index < -0.39 is 17.0 Å². The molecule has 0 aliphatic rings. The summed E-state index contributed by atoms with van der Waals surface area (Å²) in [7, 11) is 0. The fourth-order valence-corrected chi connectivity index (χ4v) is 1.31. The van der Waals surface area contributed by atoms with Gasteiger partial charge in [0.1, 0.15) is 23.3 Å². The van der Waals surface area contributed by atoms with Crippen LogP contribution in [0.25, 0.3) is 0 Å². The van der Waals surface area contributed by atoms with Crippen molar-refractivity contribution in [2.24, 2.45) is 5.41 Å². The number of hydrogen-bond acceptors (Lipinski definition) is 3. The second-order valence-corrected chi connectivity index (χ2v) is 5.02. The Morgan fingerprint density at radius 2 is 2.00 bits per heavy atom. The molecule has 0 aliphatic heterocycles. The molecule has 0 saturated carbocycles. The lowest BCUT2D eigenvalue weighted by atomic mass is 9.87. The molecule has 100 valence electrons. The molecular weight excluding hydrogens is 250 g/mol. The average Bonchev–Trinajstić information content (AvgIpc) is 2.30. The summed E-state index contributed by atoms with van der Waals surface area (Å²) in [6.07, 6.45) is 1.13. The quantitative estimate of drug-likeness (QED) is 0.672. The van der Waals surface area contributed by atoms with Gasteiger partial charge in [-0.3, -0.25) is 4.79 Å². The van der Waals surface area contributed by atoms with Crippen LogP contribution in [0.5, 0.6) is 0 Å². The first-order valence-corrected chi connectivity index (χ1v) is 5.62. The van der Waals surface area contributed by atoms with Crippen molar-refractivity contribution in [3.63, 3.8) is 0 Å². The summed E-state index contributed by atoms with van der Waals surface area (Å²) in [4.78, 5) is 11.9. The molecule has 19 heavy (non-hydrogen) atoms. The first-order valence-electron chi connectivity index (χ1n) is 5.62. The van der Waals surface area contributed by atoms with Crippen LogP contribution in [0.2, 0.25) is 0 Å². The molecule has 0 bridgehead atoms. The molecule has 0 aliphatic carbocycles. The molecule has 0 heterocycles. The van der Waals surface area contributed by atoms with Crippen molar-refractivity contribution in [2.45, 2.75) is 20.8 Å². The molecule has 0 aromatic heterocycles. The zero-order chi connectivity index (χ0) is 14.6. The second kappa shape index (κ2) is 5.61. The zero-order valence-corrected chi connectivity index (χ0v) is 10.9. The number of nitriles is 1. The van der Waals surface area contributed by atoms with E-state index in [1.807, 2.05) is 0 Å². The van der Waals surface area contributed by atoms with E-state index in [1.165, 1.54) is 6.07 Å². The smallest absolute Gasteiger partial charge is 0.180 e. The predicted octanol–water partition coefficient (Wildman–Crippen LogP) is 3.40. The first-order chi connectivity index (χ1) is 8.75. The van der Waals surface area contributed by atoms with Crippen molar-refractivity contribution in [2.75, 3.05) is 5.32 Å². The van der Waals surface area contributed by atoms with E-state index in [9.17, 15) is 13.6 Å². The third-order valence-corrected chi connectivity index (χ3v) is 2.35. The van der Waals surface area contributed by atoms with Crippen molar-refractivity contribution >= 4 is 11.5 Å². The molecule has 0 fully saturated rings. The third kappa shape index (κ3) is 3.88. The molecule has 0 atom stereocenters. The summed E-state index contributed by atoms with van der Waals surface area (Å²) in [5.41, 5.74) is -0.822. The molecule has 1 aromatic rings. The zero-order valence-electron chi connectivity index (χ0n) is 10.9. The van der Waals surface area contributed by atoms with Crippen molar-refractivity contribution in [1.29, 1.82) is 5.26 Å². The van der Waals surface area contributed by atoms with E-state index in [2.05, 4.69) is 5.32 Å². The molecule has 1 rings (SSSR count). The summed E-state index contributed by atoms with van der Waals surface area (Å²) in [5, 5.41) is 11.4. The molecular formula is C14H14F2N2O. The fraction of sp³-hybridized carbons (Fsp3) is 0.286. The lowest BCUT2D eigenvalue weighted by Crippen LogP contribution is -2.22. The normalized spacial score (nSPS) is 11.9. The molecule has 0 unspecified atom stereocenters. The van der Waals surface area contributed by atoms with Crippen molar-refractivity contribution in [1.82, 2.24) is 0 Å². The van der Waals surface area contributed by atoms with Gasteiger partial charge in [0.25, 0.3) is 0 Å². The number of nitrogens with zero attached hydrogens (tertiary/aromatic N) is 1. The van der Waals surface area contributed by atoms with Crippen LogP contribution in [0.15, 0.2) is 30.0 Å². The largest absolute Gasteiger partial charge is 0.358 e. The first kappa shape index (κ1) is 14.8. The highest BCUT2D eigenvalue weighted by atomic mass is 19.1. The van der Waals surface area contributed by atoms with Crippen LogP contribution in [-0.2, 0) is 4.79 Å². The number of ketones is 1. The minimum Gasteiger partial charge on any atom is -0.358 e. The van der Waals surface area contributed by atoms with Gasteiger partial charge in [0.15, 0.2) is 5.78 Å². The molecule has 0 radical (unpaired) electrons. The summed E-state index contributed by atoms with van der Waals surface area (Å²) in [6.45, 7) is 5.04. The standard InChI is InChI=1S/C14H14F2N2O/c1-14(2,3)13(19)9(7-17)8-18-12-5-4-10(15)6-11(12)16/h4-6,8,18H,1-3H3. The van der Waals surface area contributed by atoms with E-state index in [-0.39, 0.29) is 17.0 Å². The summed E-state index contributed by atoms with van der Waals surface area (Å²) in [5.74, 6) is -1.85. The molecule has 5 heteroatoms. The minimum atomic E-state index is -0.795. The highest BCUT2D eigenvalue weighted by molar-refractivity contribution is 6.02. The van der Waals surface area contributed by atoms with Crippen LogP contribution in [0.4, 0.5) is 14.5 Å². The minimum absolute atomic E-state index is 0.00383. The summed E-state index contributed by atoms with van der Waals surface area (Å²) < 4.78 is 26.0. The second-order valence-electron chi connectivity index (χ2n) is 5.02. The number of allylic oxidation sites excluding steroid dienone is 1. The van der Waals surface area contributed by atoms with E-state index in [4.69, 9.17) is 5.26 Å². The Bertz CT molecular complexity index is 566. The number of rotatable bonds is 3. The maximum Gasteiger partial charge on any atom is 0.180 e. The highest BCUT2D eigenvalue weighted by Gasteiger charge is 2.25. The number of carbonyl (C=O) groups is 1. The lowest BCUT2D eigenvalue weighted by molar-refractivity contribution is -0.122. The number of nitrogens with one attached hydrogen (secondary N) is 1. The van der Waals surface area contributed by atoms with Gasteiger partial charge in [-0.05, 0) is 12.1 Å². The van der Waals surface area contributed by atoms with Gasteiger partial charge in [0.2, 0.25) is 0 Å². The van der Waals surface area contributed by atoms with E-state index in [1.54, 1.807) is 26.8 Å². The number of anilines is 1. The lowest BCUT2D eigenvalue weighted by Gasteiger charge is -2.15. The SMILES string of the molecule is CC(C)(C)C(=O)C(C#N)=CNc1ccc(F)cc1F. The van der Waals surface area contributed by atoms with E-state index in [0.29, 0.717) is 6.07 Å². The molecule has 0 amide bonds. The van der Waals surface area contributed by atoms with Gasteiger partial charge in [0.05, 0.1) is 5.69 Å². The van der Waals surface area contributed by atoms with Crippen LogP contribution in [0, 0.1) is 28.4 Å². The Balaban J connectivity index is 2.96. The van der Waals surface area contributed by atoms with E-state index in [0.717, 1.165) is 12.3 Å². The Labute approximate surface area is 110 Å². The van der Waals surface area contributed by atoms with E-state index >= 15 is 0 Å². The Hall–Kier alpha value is -2.22. The van der Waals surface area contributed by atoms with Gasteiger partial charge in [-0.1, -0.05) is 20.8 Å². The van der Waals surface area contributed by atoms with Crippen molar-refractivity contribution in [3.8, 4) is 6.07 Å². The Morgan fingerprint density at radius 3 is 2.47 bits per heavy atom. The molecule has 0 spiro atoms. The van der Waals surface area contributed by atoms with Gasteiger partial charge < -0.3 is 5.32 Å². The maximum absolute atomic E-state index is 13.3. The summed E-state index contributed by atoms with van der Waals surface area (Å²) >= 11 is 0. The van der Waals surface area contributed by atoms with Crippen LogP contribution in [0.3, 0.4) is 0 Å². The van der Waals surface area contributed by atoms with Gasteiger partial charge in [-0.2, -0.15) is 5.26 Å². The van der Waals surface area contributed by atoms with Gasteiger partial charge in [-0.25, -0.2) is 8.78 Å². The van der Waals surface area contributed by atoms with Crippen LogP contribution >= 0.6 is 0 Å². The number of carbonyl (C=O) groups excluding carboxylic acids is 1. The van der Waals surface area contributed by atoms with Crippen molar-refractivity contribution in [3.05, 3.63) is 41.6 Å². The Kier molecular flexibility index (Phi) is 4.38. The maximum atomic E-state index is 13.3. The van der Waals surface area contributed by atoms with Crippen LogP contribution in [0.1, 0.15) is 20.8 Å². The molecule has 3 nitrogen and oxygen atoms in total. The predicted molar refractivity (Wildman–Crippen MR) is 68.1 cm³/mol. The van der Waals surface area contributed by atoms with Crippen LogP contribution < -0.4 is 5.32 Å². The number of halogens is 2. The molecule has 1 aromatic carbocycles. The number of benzene rings is 1. The van der Waals surface area contributed by atoms with Gasteiger partial charge in [0, 0.05) is 17.7 Å². The summed E-state index contributed by atoms with van der Waals surface area (Å²) in [6, 6.07) is 4.75. The number of Topliss-reactive ketones (excluding diaryl/α,β-unsaturated/α-hetero) is 1.